The van der Waals surface area contributed by atoms with E-state index in [-0.39, 0.29) is 18.8 Å². The van der Waals surface area contributed by atoms with E-state index in [4.69, 9.17) is 4.74 Å². The Bertz CT molecular complexity index is 992. The number of carbonyl (C=O) groups is 2. The van der Waals surface area contributed by atoms with Crippen LogP contribution in [0.15, 0.2) is 67.0 Å². The second kappa shape index (κ2) is 10.9. The molecule has 1 aromatic heterocycles. The van der Waals surface area contributed by atoms with Crippen LogP contribution in [0.4, 0.5) is 8.78 Å². The summed E-state index contributed by atoms with van der Waals surface area (Å²) < 4.78 is 35.2. The van der Waals surface area contributed by atoms with Crippen molar-refractivity contribution in [1.29, 1.82) is 0 Å². The molecule has 0 fully saturated rings. The highest BCUT2D eigenvalue weighted by atomic mass is 19.3. The molecule has 0 aliphatic rings. The number of amides is 1. The van der Waals surface area contributed by atoms with E-state index in [0.29, 0.717) is 18.5 Å². The Morgan fingerprint density at radius 1 is 1.03 bits per heavy atom. The van der Waals surface area contributed by atoms with E-state index in [1.165, 1.54) is 12.1 Å². The van der Waals surface area contributed by atoms with Gasteiger partial charge in [-0.25, -0.2) is 4.68 Å². The van der Waals surface area contributed by atoms with Crippen LogP contribution in [0.2, 0.25) is 0 Å². The van der Waals surface area contributed by atoms with Gasteiger partial charge >= 0.3 is 12.6 Å². The molecule has 1 amide bonds. The van der Waals surface area contributed by atoms with Crippen molar-refractivity contribution in [2.75, 3.05) is 13.2 Å². The Hall–Kier alpha value is -3.75. The fourth-order valence-corrected chi connectivity index (χ4v) is 2.77. The largest absolute Gasteiger partial charge is 0.455 e. The van der Waals surface area contributed by atoms with Crippen LogP contribution < -0.4 is 10.1 Å². The first kappa shape index (κ1) is 21.9. The highest BCUT2D eigenvalue weighted by Crippen LogP contribution is 2.15. The van der Waals surface area contributed by atoms with E-state index >= 15 is 0 Å². The highest BCUT2D eigenvalue weighted by Gasteiger charge is 2.11. The molecule has 0 unspecified atom stereocenters. The first-order valence-electron chi connectivity index (χ1n) is 9.54. The second-order valence-corrected chi connectivity index (χ2v) is 6.59. The molecule has 162 valence electrons. The number of aromatic nitrogens is 2. The van der Waals surface area contributed by atoms with Crippen molar-refractivity contribution in [3.8, 4) is 11.4 Å². The molecule has 0 saturated heterocycles. The van der Waals surface area contributed by atoms with Crippen molar-refractivity contribution in [2.24, 2.45) is 0 Å². The molecule has 0 atom stereocenters. The van der Waals surface area contributed by atoms with Gasteiger partial charge in [-0.15, -0.1) is 0 Å². The minimum absolute atomic E-state index is 0.00709. The van der Waals surface area contributed by atoms with Gasteiger partial charge in [0.15, 0.2) is 6.61 Å². The van der Waals surface area contributed by atoms with Crippen molar-refractivity contribution < 1.29 is 27.8 Å². The number of para-hydroxylation sites is 1. The lowest BCUT2D eigenvalue weighted by atomic mass is 10.1. The second-order valence-electron chi connectivity index (χ2n) is 6.59. The zero-order chi connectivity index (χ0) is 22.1. The van der Waals surface area contributed by atoms with Crippen LogP contribution in [0.3, 0.4) is 0 Å². The summed E-state index contributed by atoms with van der Waals surface area (Å²) in [7, 11) is 0. The van der Waals surface area contributed by atoms with Crippen LogP contribution >= 0.6 is 0 Å². The number of benzene rings is 2. The molecule has 0 saturated carbocycles. The van der Waals surface area contributed by atoms with Crippen LogP contribution in [0.25, 0.3) is 5.69 Å². The summed E-state index contributed by atoms with van der Waals surface area (Å²) >= 11 is 0. The molecule has 1 N–H and O–H groups in total. The van der Waals surface area contributed by atoms with Gasteiger partial charge in [0, 0.05) is 18.3 Å². The standard InChI is InChI=1S/C22H21F2N3O4/c23-22(24)31-19-8-6-16(7-9-19)10-11-25-20(28)15-30-21(29)12-17-13-26-27(14-17)18-4-2-1-3-5-18/h1-9,13-14,22H,10-12,15H2,(H,25,28). The number of esters is 1. The maximum Gasteiger partial charge on any atom is 0.387 e. The number of alkyl halides is 2. The van der Waals surface area contributed by atoms with Crippen molar-refractivity contribution in [3.05, 3.63) is 78.1 Å². The maximum absolute atomic E-state index is 12.1. The van der Waals surface area contributed by atoms with E-state index in [0.717, 1.165) is 11.3 Å². The van der Waals surface area contributed by atoms with Crippen LogP contribution in [0.5, 0.6) is 5.75 Å². The molecule has 0 aliphatic carbocycles. The molecule has 3 aromatic rings. The number of carbonyl (C=O) groups excluding carboxylic acids is 2. The van der Waals surface area contributed by atoms with E-state index < -0.39 is 18.5 Å². The predicted molar refractivity (Wildman–Crippen MR) is 108 cm³/mol. The van der Waals surface area contributed by atoms with Gasteiger partial charge in [-0.2, -0.15) is 13.9 Å². The molecule has 0 aliphatic heterocycles. The molecule has 7 nitrogen and oxygen atoms in total. The minimum atomic E-state index is -2.87. The third-order valence-electron chi connectivity index (χ3n) is 4.25. The number of hydrogen-bond donors (Lipinski definition) is 1. The van der Waals surface area contributed by atoms with Gasteiger partial charge in [0.1, 0.15) is 5.75 Å². The lowest BCUT2D eigenvalue weighted by molar-refractivity contribution is -0.147. The summed E-state index contributed by atoms with van der Waals surface area (Å²) in [4.78, 5) is 23.8. The highest BCUT2D eigenvalue weighted by molar-refractivity contribution is 5.81. The van der Waals surface area contributed by atoms with Crippen molar-refractivity contribution in [1.82, 2.24) is 15.1 Å². The fraction of sp³-hybridized carbons (Fsp3) is 0.227. The summed E-state index contributed by atoms with van der Waals surface area (Å²) in [5.74, 6) is -0.882. The van der Waals surface area contributed by atoms with Gasteiger partial charge in [0.2, 0.25) is 0 Å². The number of nitrogens with zero attached hydrogens (tertiary/aromatic N) is 2. The van der Waals surface area contributed by atoms with Crippen LogP contribution in [-0.2, 0) is 27.2 Å². The van der Waals surface area contributed by atoms with Gasteiger partial charge in [-0.1, -0.05) is 30.3 Å². The minimum Gasteiger partial charge on any atom is -0.455 e. The van der Waals surface area contributed by atoms with Crippen molar-refractivity contribution >= 4 is 11.9 Å². The maximum atomic E-state index is 12.1. The molecule has 0 spiro atoms. The SMILES string of the molecule is O=C(COC(=O)Cc1cnn(-c2ccccc2)c1)NCCc1ccc(OC(F)F)cc1. The third-order valence-corrected chi connectivity index (χ3v) is 4.25. The summed E-state index contributed by atoms with van der Waals surface area (Å²) in [6.07, 6.45) is 3.81. The summed E-state index contributed by atoms with van der Waals surface area (Å²) in [5.41, 5.74) is 2.39. The average molecular weight is 429 g/mol. The quantitative estimate of drug-likeness (QED) is 0.501. The zero-order valence-electron chi connectivity index (χ0n) is 16.5. The van der Waals surface area contributed by atoms with Gasteiger partial charge in [-0.05, 0) is 36.2 Å². The van der Waals surface area contributed by atoms with E-state index in [2.05, 4.69) is 15.2 Å². The molecule has 31 heavy (non-hydrogen) atoms. The Balaban J connectivity index is 1.35. The van der Waals surface area contributed by atoms with E-state index in [1.807, 2.05) is 30.3 Å². The Morgan fingerprint density at radius 2 is 1.77 bits per heavy atom. The number of hydrogen-bond acceptors (Lipinski definition) is 5. The lowest BCUT2D eigenvalue weighted by Crippen LogP contribution is -2.30. The summed E-state index contributed by atoms with van der Waals surface area (Å²) in [5, 5.41) is 6.85. The van der Waals surface area contributed by atoms with Crippen LogP contribution in [0.1, 0.15) is 11.1 Å². The Morgan fingerprint density at radius 3 is 2.48 bits per heavy atom. The average Bonchev–Trinajstić information content (AvgIpc) is 3.22. The summed E-state index contributed by atoms with van der Waals surface area (Å²) in [6, 6.07) is 15.6. The smallest absolute Gasteiger partial charge is 0.387 e. The number of rotatable bonds is 10. The molecule has 2 aromatic carbocycles. The monoisotopic (exact) mass is 429 g/mol. The van der Waals surface area contributed by atoms with Gasteiger partial charge in [0.25, 0.3) is 5.91 Å². The predicted octanol–water partition coefficient (Wildman–Crippen LogP) is 2.92. The number of nitrogens with one attached hydrogen (secondary N) is 1. The normalized spacial score (nSPS) is 10.7. The third kappa shape index (κ3) is 7.22. The first-order chi connectivity index (χ1) is 15.0. The van der Waals surface area contributed by atoms with Crippen LogP contribution in [0, 0.1) is 0 Å². The lowest BCUT2D eigenvalue weighted by Gasteiger charge is -2.08. The van der Waals surface area contributed by atoms with Gasteiger partial charge < -0.3 is 14.8 Å². The Labute approximate surface area is 177 Å². The van der Waals surface area contributed by atoms with Crippen molar-refractivity contribution in [2.45, 2.75) is 19.5 Å². The number of halogens is 2. The Kier molecular flexibility index (Phi) is 7.69. The first-order valence-corrected chi connectivity index (χ1v) is 9.54. The molecule has 9 heteroatoms. The zero-order valence-corrected chi connectivity index (χ0v) is 16.5. The molecule has 1 heterocycles. The van der Waals surface area contributed by atoms with Gasteiger partial charge in [0.05, 0.1) is 18.3 Å². The van der Waals surface area contributed by atoms with Crippen molar-refractivity contribution in [3.63, 3.8) is 0 Å². The molecular weight excluding hydrogens is 408 g/mol. The van der Waals surface area contributed by atoms with E-state index in [9.17, 15) is 18.4 Å². The van der Waals surface area contributed by atoms with Gasteiger partial charge in [-0.3, -0.25) is 9.59 Å². The summed E-state index contributed by atoms with van der Waals surface area (Å²) in [6.45, 7) is -2.94. The molecule has 0 radical (unpaired) electrons. The fourth-order valence-electron chi connectivity index (χ4n) is 2.77. The number of ether oxygens (including phenoxy) is 2. The molecular formula is C22H21F2N3O4. The molecule has 3 rings (SSSR count). The van der Waals surface area contributed by atoms with E-state index in [1.54, 1.807) is 29.2 Å². The topological polar surface area (TPSA) is 82.5 Å². The van der Waals surface area contributed by atoms with Crippen LogP contribution in [-0.4, -0.2) is 41.4 Å². The molecule has 0 bridgehead atoms.